The molecule has 0 saturated carbocycles. The SMILES string of the molecule is CCc1cc2c(N(CC)c3ccccc3)nc(Cl)nc2s1. The van der Waals surface area contributed by atoms with Crippen LogP contribution in [-0.2, 0) is 6.42 Å². The Hall–Kier alpha value is -1.65. The van der Waals surface area contributed by atoms with Gasteiger partial charge in [-0.25, -0.2) is 4.98 Å². The summed E-state index contributed by atoms with van der Waals surface area (Å²) < 4.78 is 0. The topological polar surface area (TPSA) is 29.0 Å². The predicted octanol–water partition coefficient (Wildman–Crippen LogP) is 5.07. The van der Waals surface area contributed by atoms with E-state index in [1.807, 2.05) is 18.2 Å². The number of para-hydroxylation sites is 1. The molecule has 108 valence electrons. The van der Waals surface area contributed by atoms with E-state index in [1.54, 1.807) is 11.3 Å². The quantitative estimate of drug-likeness (QED) is 0.629. The van der Waals surface area contributed by atoms with Gasteiger partial charge in [0.25, 0.3) is 0 Å². The summed E-state index contributed by atoms with van der Waals surface area (Å²) in [5, 5.41) is 1.38. The van der Waals surface area contributed by atoms with Crippen molar-refractivity contribution in [2.45, 2.75) is 20.3 Å². The van der Waals surface area contributed by atoms with Crippen molar-refractivity contribution in [2.75, 3.05) is 11.4 Å². The van der Waals surface area contributed by atoms with E-state index in [-0.39, 0.29) is 0 Å². The Labute approximate surface area is 133 Å². The van der Waals surface area contributed by atoms with Crippen LogP contribution in [0.2, 0.25) is 5.28 Å². The van der Waals surface area contributed by atoms with E-state index in [4.69, 9.17) is 11.6 Å². The van der Waals surface area contributed by atoms with Crippen molar-refractivity contribution in [1.82, 2.24) is 9.97 Å². The lowest BCUT2D eigenvalue weighted by Gasteiger charge is -2.22. The van der Waals surface area contributed by atoms with Crippen molar-refractivity contribution in [3.8, 4) is 0 Å². The highest BCUT2D eigenvalue weighted by molar-refractivity contribution is 7.18. The average Bonchev–Trinajstić information content (AvgIpc) is 2.92. The van der Waals surface area contributed by atoms with Crippen LogP contribution in [0.25, 0.3) is 10.2 Å². The standard InChI is InChI=1S/C16H16ClN3S/c1-3-12-10-13-14(18-16(17)19-15(13)21-12)20(4-2)11-8-6-5-7-9-11/h5-10H,3-4H2,1-2H3. The van der Waals surface area contributed by atoms with Crippen LogP contribution in [0.5, 0.6) is 0 Å². The highest BCUT2D eigenvalue weighted by Gasteiger charge is 2.16. The first-order valence-electron chi connectivity index (χ1n) is 7.01. The third-order valence-electron chi connectivity index (χ3n) is 3.38. The molecule has 0 atom stereocenters. The number of anilines is 2. The fourth-order valence-electron chi connectivity index (χ4n) is 2.37. The predicted molar refractivity (Wildman–Crippen MR) is 90.9 cm³/mol. The van der Waals surface area contributed by atoms with Crippen molar-refractivity contribution in [1.29, 1.82) is 0 Å². The zero-order valence-electron chi connectivity index (χ0n) is 12.0. The number of benzene rings is 1. The van der Waals surface area contributed by atoms with Gasteiger partial charge in [-0.2, -0.15) is 4.98 Å². The normalized spacial score (nSPS) is 11.0. The Morgan fingerprint density at radius 1 is 1.14 bits per heavy atom. The number of fused-ring (bicyclic) bond motifs is 1. The highest BCUT2D eigenvalue weighted by atomic mass is 35.5. The van der Waals surface area contributed by atoms with Gasteiger partial charge in [0.1, 0.15) is 10.6 Å². The van der Waals surface area contributed by atoms with E-state index in [0.29, 0.717) is 5.28 Å². The van der Waals surface area contributed by atoms with Gasteiger partial charge in [0.15, 0.2) is 0 Å². The van der Waals surface area contributed by atoms with Crippen molar-refractivity contribution in [2.24, 2.45) is 0 Å². The highest BCUT2D eigenvalue weighted by Crippen LogP contribution is 2.35. The van der Waals surface area contributed by atoms with Crippen LogP contribution in [-0.4, -0.2) is 16.5 Å². The second-order valence-corrected chi connectivity index (χ2v) is 6.13. The van der Waals surface area contributed by atoms with Gasteiger partial charge in [-0.3, -0.25) is 0 Å². The summed E-state index contributed by atoms with van der Waals surface area (Å²) in [7, 11) is 0. The smallest absolute Gasteiger partial charge is 0.225 e. The fraction of sp³-hybridized carbons (Fsp3) is 0.250. The van der Waals surface area contributed by atoms with Gasteiger partial charge in [0.2, 0.25) is 5.28 Å². The fourth-order valence-corrected chi connectivity index (χ4v) is 3.55. The van der Waals surface area contributed by atoms with Gasteiger partial charge in [-0.1, -0.05) is 25.1 Å². The molecule has 3 aromatic rings. The summed E-state index contributed by atoms with van der Waals surface area (Å²) in [6.07, 6.45) is 0.996. The zero-order valence-corrected chi connectivity index (χ0v) is 13.6. The number of halogens is 1. The molecule has 0 radical (unpaired) electrons. The molecule has 0 bridgehead atoms. The molecule has 1 aromatic carbocycles. The number of aromatic nitrogens is 2. The molecule has 0 unspecified atom stereocenters. The maximum atomic E-state index is 6.12. The number of aryl methyl sites for hydroxylation is 1. The minimum absolute atomic E-state index is 0.302. The Balaban J connectivity index is 2.19. The second kappa shape index (κ2) is 6.00. The molecule has 0 aliphatic carbocycles. The Bertz CT molecular complexity index is 755. The number of thiophene rings is 1. The molecule has 0 N–H and O–H groups in total. The monoisotopic (exact) mass is 317 g/mol. The molecule has 5 heteroatoms. The molecule has 21 heavy (non-hydrogen) atoms. The van der Waals surface area contributed by atoms with E-state index in [1.165, 1.54) is 4.88 Å². The zero-order chi connectivity index (χ0) is 14.8. The van der Waals surface area contributed by atoms with Crippen molar-refractivity contribution in [3.05, 3.63) is 46.6 Å². The summed E-state index contributed by atoms with van der Waals surface area (Å²) >= 11 is 7.81. The summed E-state index contributed by atoms with van der Waals surface area (Å²) in [5.74, 6) is 0.884. The molecule has 0 spiro atoms. The number of hydrogen-bond donors (Lipinski definition) is 0. The van der Waals surface area contributed by atoms with E-state index >= 15 is 0 Å². The lowest BCUT2D eigenvalue weighted by molar-refractivity contribution is 0.991. The maximum Gasteiger partial charge on any atom is 0.225 e. The Morgan fingerprint density at radius 3 is 2.57 bits per heavy atom. The first-order valence-corrected chi connectivity index (χ1v) is 8.21. The first-order chi connectivity index (χ1) is 10.2. The minimum Gasteiger partial charge on any atom is -0.326 e. The van der Waals surface area contributed by atoms with Gasteiger partial charge in [-0.15, -0.1) is 11.3 Å². The molecule has 0 fully saturated rings. The van der Waals surface area contributed by atoms with Gasteiger partial charge in [-0.05, 0) is 43.1 Å². The molecule has 0 saturated heterocycles. The average molecular weight is 318 g/mol. The largest absolute Gasteiger partial charge is 0.326 e. The van der Waals surface area contributed by atoms with Crippen LogP contribution in [0.1, 0.15) is 18.7 Å². The lowest BCUT2D eigenvalue weighted by atomic mass is 10.2. The summed E-state index contributed by atoms with van der Waals surface area (Å²) in [6, 6.07) is 12.4. The van der Waals surface area contributed by atoms with Crippen LogP contribution < -0.4 is 4.90 Å². The van der Waals surface area contributed by atoms with Crippen LogP contribution in [0.15, 0.2) is 36.4 Å². The molecular formula is C16H16ClN3S. The Morgan fingerprint density at radius 2 is 1.90 bits per heavy atom. The van der Waals surface area contributed by atoms with Crippen molar-refractivity contribution < 1.29 is 0 Å². The van der Waals surface area contributed by atoms with E-state index in [9.17, 15) is 0 Å². The van der Waals surface area contributed by atoms with Gasteiger partial charge in [0, 0.05) is 17.1 Å². The van der Waals surface area contributed by atoms with Crippen LogP contribution in [0, 0.1) is 0 Å². The van der Waals surface area contributed by atoms with E-state index in [2.05, 4.69) is 46.9 Å². The van der Waals surface area contributed by atoms with E-state index in [0.717, 1.165) is 34.7 Å². The van der Waals surface area contributed by atoms with Crippen molar-refractivity contribution in [3.63, 3.8) is 0 Å². The van der Waals surface area contributed by atoms with Crippen LogP contribution >= 0.6 is 22.9 Å². The number of nitrogens with zero attached hydrogens (tertiary/aromatic N) is 3. The van der Waals surface area contributed by atoms with Gasteiger partial charge >= 0.3 is 0 Å². The third kappa shape index (κ3) is 2.74. The molecule has 3 nitrogen and oxygen atoms in total. The summed E-state index contributed by atoms with van der Waals surface area (Å²) in [4.78, 5) is 13.3. The molecule has 2 heterocycles. The molecule has 3 rings (SSSR count). The second-order valence-electron chi connectivity index (χ2n) is 4.68. The number of hydrogen-bond acceptors (Lipinski definition) is 4. The summed E-state index contributed by atoms with van der Waals surface area (Å²) in [6.45, 7) is 5.08. The van der Waals surface area contributed by atoms with Gasteiger partial charge in [0.05, 0.1) is 5.39 Å². The number of rotatable bonds is 4. The van der Waals surface area contributed by atoms with Crippen LogP contribution in [0.4, 0.5) is 11.5 Å². The first kappa shape index (κ1) is 14.3. The Kier molecular flexibility index (Phi) is 4.08. The maximum absolute atomic E-state index is 6.12. The summed E-state index contributed by atoms with van der Waals surface area (Å²) in [5.41, 5.74) is 1.11. The molecule has 0 aliphatic rings. The van der Waals surface area contributed by atoms with Crippen molar-refractivity contribution >= 4 is 44.7 Å². The minimum atomic E-state index is 0.302. The molecule has 0 aliphatic heterocycles. The molecule has 2 aromatic heterocycles. The molecular weight excluding hydrogens is 302 g/mol. The molecule has 0 amide bonds. The van der Waals surface area contributed by atoms with E-state index < -0.39 is 0 Å². The van der Waals surface area contributed by atoms with Crippen LogP contribution in [0.3, 0.4) is 0 Å². The lowest BCUT2D eigenvalue weighted by Crippen LogP contribution is -2.17. The van der Waals surface area contributed by atoms with Gasteiger partial charge < -0.3 is 4.90 Å². The third-order valence-corrected chi connectivity index (χ3v) is 4.73.